The molecule has 4 aliphatic carbocycles. The third-order valence-electron chi connectivity index (χ3n) is 8.29. The van der Waals surface area contributed by atoms with Crippen LogP contribution in [0.1, 0.15) is 58.8 Å². The Morgan fingerprint density at radius 3 is 2.81 bits per heavy atom. The zero-order valence-electron chi connectivity index (χ0n) is 16.4. The third-order valence-corrected chi connectivity index (χ3v) is 8.29. The zero-order valence-corrected chi connectivity index (χ0v) is 16.4. The third kappa shape index (κ3) is 2.26. The number of allylic oxidation sites excluding steroid dienone is 1. The number of hydrogen-bond acceptors (Lipinski definition) is 5. The van der Waals surface area contributed by atoms with Gasteiger partial charge in [-0.1, -0.05) is 33.3 Å². The Morgan fingerprint density at radius 2 is 2.11 bits per heavy atom. The van der Waals surface area contributed by atoms with Gasteiger partial charge in [0.15, 0.2) is 5.78 Å². The average molecular weight is 374 g/mol. The maximum Gasteiger partial charge on any atom is 0.312 e. The van der Waals surface area contributed by atoms with Gasteiger partial charge in [0.2, 0.25) is 0 Å². The standard InChI is InChI=1S/C22H30O5/c1-4-5-7-21-16(13(2)11-26-20(21)25)10-18(27-12-23)22-8-6-15(9-17(21)22)14(3)19(22)24/h12-13,15-18H,3-11H2,1-2H3/t13-,15+,16?,17?,18-,21?,22-/m1/s1. The fraction of sp³-hybridized carbons (Fsp3) is 0.773. The first kappa shape index (κ1) is 18.7. The van der Waals surface area contributed by atoms with E-state index in [1.165, 1.54) is 0 Å². The lowest BCUT2D eigenvalue weighted by atomic mass is 9.37. The number of rotatable bonds is 5. The molecule has 0 radical (unpaired) electrons. The second kappa shape index (κ2) is 6.46. The van der Waals surface area contributed by atoms with E-state index in [1.54, 1.807) is 0 Å². The summed E-state index contributed by atoms with van der Waals surface area (Å²) in [6.45, 7) is 9.21. The molecule has 5 fully saturated rings. The summed E-state index contributed by atoms with van der Waals surface area (Å²) in [6, 6.07) is 0. The summed E-state index contributed by atoms with van der Waals surface area (Å²) in [4.78, 5) is 38.1. The maximum absolute atomic E-state index is 13.5. The number of cyclic esters (lactones) is 1. The predicted molar refractivity (Wildman–Crippen MR) is 98.5 cm³/mol. The van der Waals surface area contributed by atoms with Crippen molar-refractivity contribution in [1.82, 2.24) is 0 Å². The lowest BCUT2D eigenvalue weighted by Crippen LogP contribution is -2.70. The van der Waals surface area contributed by atoms with Crippen LogP contribution in [0.4, 0.5) is 0 Å². The molecule has 7 atom stereocenters. The molecular formula is C22H30O5. The molecule has 2 bridgehead atoms. The number of esters is 1. The minimum absolute atomic E-state index is 0.0298. The van der Waals surface area contributed by atoms with Crippen LogP contribution in [0.25, 0.3) is 0 Å². The molecule has 0 N–H and O–H groups in total. The molecule has 27 heavy (non-hydrogen) atoms. The fourth-order valence-corrected chi connectivity index (χ4v) is 7.05. The highest BCUT2D eigenvalue weighted by atomic mass is 16.5. The highest BCUT2D eigenvalue weighted by molar-refractivity contribution is 6.03. The van der Waals surface area contributed by atoms with Gasteiger partial charge in [0, 0.05) is 0 Å². The van der Waals surface area contributed by atoms with Gasteiger partial charge in [-0.15, -0.1) is 0 Å². The molecule has 148 valence electrons. The summed E-state index contributed by atoms with van der Waals surface area (Å²) in [5, 5.41) is 0. The highest BCUT2D eigenvalue weighted by Crippen LogP contribution is 2.69. The molecule has 0 aromatic carbocycles. The molecule has 5 nitrogen and oxygen atoms in total. The Bertz CT molecular complexity index is 684. The minimum atomic E-state index is -0.799. The number of carbonyl (C=O) groups is 3. The van der Waals surface area contributed by atoms with Crippen LogP contribution in [0.2, 0.25) is 0 Å². The molecule has 3 unspecified atom stereocenters. The highest BCUT2D eigenvalue weighted by Gasteiger charge is 2.73. The molecular weight excluding hydrogens is 344 g/mol. The van der Waals surface area contributed by atoms with Gasteiger partial charge in [-0.3, -0.25) is 14.4 Å². The molecule has 0 aromatic rings. The first-order valence-electron chi connectivity index (χ1n) is 10.4. The van der Waals surface area contributed by atoms with Crippen LogP contribution in [-0.2, 0) is 23.9 Å². The van der Waals surface area contributed by atoms with Crippen molar-refractivity contribution in [3.8, 4) is 0 Å². The Kier molecular flexibility index (Phi) is 4.47. The van der Waals surface area contributed by atoms with E-state index >= 15 is 0 Å². The van der Waals surface area contributed by atoms with Crippen molar-refractivity contribution < 1.29 is 23.9 Å². The van der Waals surface area contributed by atoms with E-state index in [-0.39, 0.29) is 35.4 Å². The van der Waals surface area contributed by atoms with Crippen molar-refractivity contribution in [2.75, 3.05) is 6.61 Å². The van der Waals surface area contributed by atoms with Crippen LogP contribution in [0.15, 0.2) is 12.2 Å². The smallest absolute Gasteiger partial charge is 0.312 e. The number of ketones is 1. The summed E-state index contributed by atoms with van der Waals surface area (Å²) < 4.78 is 11.3. The van der Waals surface area contributed by atoms with E-state index in [9.17, 15) is 14.4 Å². The second-order valence-corrected chi connectivity index (χ2v) is 9.20. The van der Waals surface area contributed by atoms with E-state index in [0.29, 0.717) is 31.5 Å². The van der Waals surface area contributed by atoms with Gasteiger partial charge in [0.05, 0.1) is 17.4 Å². The lowest BCUT2D eigenvalue weighted by molar-refractivity contribution is -0.232. The van der Waals surface area contributed by atoms with Crippen LogP contribution < -0.4 is 0 Å². The van der Waals surface area contributed by atoms with Crippen LogP contribution in [0, 0.1) is 34.5 Å². The number of ether oxygens (including phenoxy) is 2. The maximum atomic E-state index is 13.5. The molecule has 1 aliphatic heterocycles. The van der Waals surface area contributed by atoms with Crippen molar-refractivity contribution in [3.05, 3.63) is 12.2 Å². The largest absolute Gasteiger partial charge is 0.465 e. The van der Waals surface area contributed by atoms with Gasteiger partial charge < -0.3 is 9.47 Å². The normalized spacial score (nSPS) is 45.7. The van der Waals surface area contributed by atoms with E-state index in [2.05, 4.69) is 20.4 Å². The molecule has 1 saturated heterocycles. The summed E-state index contributed by atoms with van der Waals surface area (Å²) in [5.41, 5.74) is -0.767. The van der Waals surface area contributed by atoms with Crippen molar-refractivity contribution in [1.29, 1.82) is 0 Å². The number of fused-ring (bicyclic) bond motifs is 3. The van der Waals surface area contributed by atoms with E-state index in [1.807, 2.05) is 0 Å². The number of unbranched alkanes of at least 4 members (excludes halogenated alkanes) is 1. The van der Waals surface area contributed by atoms with Crippen LogP contribution in [0.3, 0.4) is 0 Å². The number of hydrogen-bond donors (Lipinski definition) is 0. The Labute approximate surface area is 160 Å². The summed E-state index contributed by atoms with van der Waals surface area (Å²) >= 11 is 0. The summed E-state index contributed by atoms with van der Waals surface area (Å²) in [5.74, 6) is 0.219. The molecule has 0 amide bonds. The summed E-state index contributed by atoms with van der Waals surface area (Å²) in [7, 11) is 0. The van der Waals surface area contributed by atoms with E-state index in [4.69, 9.17) is 9.47 Å². The van der Waals surface area contributed by atoms with Gasteiger partial charge in [-0.25, -0.2) is 0 Å². The van der Waals surface area contributed by atoms with Crippen molar-refractivity contribution >= 4 is 18.2 Å². The molecule has 4 saturated carbocycles. The Hall–Kier alpha value is -1.65. The van der Waals surface area contributed by atoms with Gasteiger partial charge in [-0.05, 0) is 61.3 Å². The van der Waals surface area contributed by atoms with Gasteiger partial charge >= 0.3 is 5.97 Å². The predicted octanol–water partition coefficient (Wildman–Crippen LogP) is 3.46. The monoisotopic (exact) mass is 374 g/mol. The van der Waals surface area contributed by atoms with Gasteiger partial charge in [0.25, 0.3) is 6.47 Å². The van der Waals surface area contributed by atoms with E-state index in [0.717, 1.165) is 32.1 Å². The second-order valence-electron chi connectivity index (χ2n) is 9.20. The lowest BCUT2D eigenvalue weighted by Gasteiger charge is -2.66. The average Bonchev–Trinajstić information content (AvgIpc) is 2.67. The summed E-state index contributed by atoms with van der Waals surface area (Å²) in [6.07, 6.45) is 5.14. The van der Waals surface area contributed by atoms with Crippen LogP contribution in [0.5, 0.6) is 0 Å². The first-order valence-corrected chi connectivity index (χ1v) is 10.4. The van der Waals surface area contributed by atoms with Crippen molar-refractivity contribution in [2.45, 2.75) is 64.9 Å². The molecule has 5 rings (SSSR count). The van der Waals surface area contributed by atoms with Crippen LogP contribution >= 0.6 is 0 Å². The quantitative estimate of drug-likeness (QED) is 0.419. The van der Waals surface area contributed by atoms with Gasteiger partial charge in [-0.2, -0.15) is 0 Å². The van der Waals surface area contributed by atoms with Crippen molar-refractivity contribution in [3.63, 3.8) is 0 Å². The van der Waals surface area contributed by atoms with Crippen molar-refractivity contribution in [2.24, 2.45) is 34.5 Å². The molecule has 1 heterocycles. The topological polar surface area (TPSA) is 69.7 Å². The molecule has 0 aromatic heterocycles. The first-order chi connectivity index (χ1) is 12.9. The van der Waals surface area contributed by atoms with Gasteiger partial charge in [0.1, 0.15) is 6.10 Å². The minimum Gasteiger partial charge on any atom is -0.465 e. The van der Waals surface area contributed by atoms with Crippen LogP contribution in [-0.4, -0.2) is 30.9 Å². The molecule has 1 spiro atoms. The number of Topliss-reactive ketones (excluding diaryl/α,β-unsaturated/α-hetero) is 1. The SMILES string of the molecule is C=C1C(=O)[C@]23CC[C@H]1CC2C1(CCCC)C(=O)OC[C@@H](C)C1C[C@H]3OC=O. The molecule has 5 aliphatic rings. The Morgan fingerprint density at radius 1 is 1.33 bits per heavy atom. The number of carbonyl (C=O) groups excluding carboxylic acids is 3. The van der Waals surface area contributed by atoms with E-state index < -0.39 is 16.9 Å². The Balaban J connectivity index is 1.89. The fourth-order valence-electron chi connectivity index (χ4n) is 7.05. The zero-order chi connectivity index (χ0) is 19.4. The molecule has 5 heteroatoms.